The largest absolute Gasteiger partial charge is 0.492 e. The van der Waals surface area contributed by atoms with E-state index < -0.39 is 10.0 Å². The van der Waals surface area contributed by atoms with Gasteiger partial charge in [0.1, 0.15) is 12.4 Å². The van der Waals surface area contributed by atoms with Crippen molar-refractivity contribution in [1.29, 1.82) is 0 Å². The first-order chi connectivity index (χ1) is 15.5. The SMILES string of the molecule is CCCN(CCOc1ccc2c(ccn2COO)c1)S(=O)(=O)c1ccc2ccccc2c1. The van der Waals surface area contributed by atoms with Crippen LogP contribution in [-0.4, -0.2) is 42.2 Å². The Labute approximate surface area is 187 Å². The van der Waals surface area contributed by atoms with Crippen molar-refractivity contribution in [3.8, 4) is 5.75 Å². The summed E-state index contributed by atoms with van der Waals surface area (Å²) in [7, 11) is -3.63. The summed E-state index contributed by atoms with van der Waals surface area (Å²) in [6, 6.07) is 20.4. The molecule has 32 heavy (non-hydrogen) atoms. The average Bonchev–Trinajstić information content (AvgIpc) is 3.20. The molecule has 0 aliphatic rings. The summed E-state index contributed by atoms with van der Waals surface area (Å²) in [5.74, 6) is 0.653. The Morgan fingerprint density at radius 2 is 1.75 bits per heavy atom. The number of ether oxygens (including phenoxy) is 1. The number of rotatable bonds is 10. The topological polar surface area (TPSA) is 81.0 Å². The molecule has 0 saturated heterocycles. The molecule has 0 radical (unpaired) electrons. The third kappa shape index (κ3) is 4.63. The first-order valence-electron chi connectivity index (χ1n) is 10.5. The lowest BCUT2D eigenvalue weighted by atomic mass is 10.1. The van der Waals surface area contributed by atoms with Gasteiger partial charge in [-0.15, -0.1) is 0 Å². The fourth-order valence-corrected chi connectivity index (χ4v) is 5.34. The van der Waals surface area contributed by atoms with Crippen LogP contribution in [0, 0.1) is 0 Å². The molecule has 0 saturated carbocycles. The quantitative estimate of drug-likeness (QED) is 0.277. The normalized spacial score (nSPS) is 12.1. The van der Waals surface area contributed by atoms with Gasteiger partial charge in [-0.2, -0.15) is 4.31 Å². The lowest BCUT2D eigenvalue weighted by Gasteiger charge is -2.22. The predicted octanol–water partition coefficient (Wildman–Crippen LogP) is 4.72. The first-order valence-corrected chi connectivity index (χ1v) is 11.9. The van der Waals surface area contributed by atoms with E-state index in [0.29, 0.717) is 23.6 Å². The first kappa shape index (κ1) is 22.3. The fourth-order valence-electron chi connectivity index (χ4n) is 3.79. The van der Waals surface area contributed by atoms with Crippen molar-refractivity contribution in [1.82, 2.24) is 8.87 Å². The zero-order valence-electron chi connectivity index (χ0n) is 17.8. The van der Waals surface area contributed by atoms with E-state index in [9.17, 15) is 8.42 Å². The summed E-state index contributed by atoms with van der Waals surface area (Å²) in [5, 5.41) is 11.5. The van der Waals surface area contributed by atoms with Gasteiger partial charge < -0.3 is 9.30 Å². The van der Waals surface area contributed by atoms with E-state index in [-0.39, 0.29) is 19.9 Å². The van der Waals surface area contributed by atoms with Gasteiger partial charge in [0.05, 0.1) is 10.4 Å². The van der Waals surface area contributed by atoms with Gasteiger partial charge in [0.15, 0.2) is 6.73 Å². The Kier molecular flexibility index (Phi) is 6.76. The van der Waals surface area contributed by atoms with E-state index in [1.165, 1.54) is 4.31 Å². The van der Waals surface area contributed by atoms with Gasteiger partial charge in [-0.1, -0.05) is 37.3 Å². The Morgan fingerprint density at radius 3 is 2.53 bits per heavy atom. The molecule has 1 aromatic heterocycles. The van der Waals surface area contributed by atoms with Crippen molar-refractivity contribution >= 4 is 31.7 Å². The second kappa shape index (κ2) is 9.70. The average molecular weight is 455 g/mol. The van der Waals surface area contributed by atoms with Crippen LogP contribution in [0.1, 0.15) is 13.3 Å². The van der Waals surface area contributed by atoms with Crippen LogP contribution in [0.25, 0.3) is 21.7 Å². The zero-order valence-corrected chi connectivity index (χ0v) is 18.7. The van der Waals surface area contributed by atoms with E-state index in [2.05, 4.69) is 4.89 Å². The molecule has 0 bridgehead atoms. The Bertz CT molecular complexity index is 1320. The molecular formula is C24H26N2O5S. The maximum absolute atomic E-state index is 13.3. The van der Waals surface area contributed by atoms with Crippen LogP contribution in [0.2, 0.25) is 0 Å². The van der Waals surface area contributed by atoms with Crippen molar-refractivity contribution in [3.63, 3.8) is 0 Å². The van der Waals surface area contributed by atoms with Gasteiger partial charge in [-0.05, 0) is 53.6 Å². The number of aromatic nitrogens is 1. The number of sulfonamides is 1. The third-order valence-corrected chi connectivity index (χ3v) is 7.28. The van der Waals surface area contributed by atoms with E-state index in [1.807, 2.05) is 67.7 Å². The van der Waals surface area contributed by atoms with Crippen molar-refractivity contribution in [2.75, 3.05) is 19.7 Å². The fraction of sp³-hybridized carbons (Fsp3) is 0.250. The second-order valence-corrected chi connectivity index (χ2v) is 9.46. The molecule has 7 nitrogen and oxygen atoms in total. The Morgan fingerprint density at radius 1 is 0.938 bits per heavy atom. The molecule has 1 heterocycles. The number of hydrogen-bond acceptors (Lipinski definition) is 5. The van der Waals surface area contributed by atoms with Crippen LogP contribution in [-0.2, 0) is 21.6 Å². The van der Waals surface area contributed by atoms with E-state index in [4.69, 9.17) is 9.99 Å². The molecule has 1 N–H and O–H groups in total. The lowest BCUT2D eigenvalue weighted by molar-refractivity contribution is -0.268. The molecule has 8 heteroatoms. The van der Waals surface area contributed by atoms with E-state index in [1.54, 1.807) is 16.7 Å². The van der Waals surface area contributed by atoms with Crippen LogP contribution in [0.4, 0.5) is 0 Å². The van der Waals surface area contributed by atoms with Gasteiger partial charge in [0.2, 0.25) is 10.0 Å². The molecule has 0 unspecified atom stereocenters. The summed E-state index contributed by atoms with van der Waals surface area (Å²) in [4.78, 5) is 4.49. The molecule has 4 rings (SSSR count). The highest BCUT2D eigenvalue weighted by molar-refractivity contribution is 7.89. The standard InChI is InChI=1S/C24H26N2O5S/c1-2-12-26(32(28,29)23-9-7-19-5-3-4-6-20(19)17-23)14-15-30-22-8-10-24-21(16-22)11-13-25(24)18-31-27/h3-11,13,16-17,27H,2,12,14-15,18H2,1H3. The predicted molar refractivity (Wildman–Crippen MR) is 124 cm³/mol. The number of hydrogen-bond donors (Lipinski definition) is 1. The highest BCUT2D eigenvalue weighted by Crippen LogP contribution is 2.24. The van der Waals surface area contributed by atoms with Gasteiger partial charge in [-0.25, -0.2) is 18.6 Å². The summed E-state index contributed by atoms with van der Waals surface area (Å²) in [6.07, 6.45) is 2.52. The van der Waals surface area contributed by atoms with Crippen molar-refractivity contribution < 1.29 is 23.3 Å². The smallest absolute Gasteiger partial charge is 0.243 e. The van der Waals surface area contributed by atoms with E-state index >= 15 is 0 Å². The number of benzene rings is 3. The second-order valence-electron chi connectivity index (χ2n) is 7.53. The highest BCUT2D eigenvalue weighted by Gasteiger charge is 2.24. The number of fused-ring (bicyclic) bond motifs is 2. The van der Waals surface area contributed by atoms with Gasteiger partial charge >= 0.3 is 0 Å². The summed E-state index contributed by atoms with van der Waals surface area (Å²) < 4.78 is 35.7. The minimum absolute atomic E-state index is 0.0440. The maximum atomic E-state index is 13.3. The van der Waals surface area contributed by atoms with Crippen LogP contribution in [0.5, 0.6) is 5.75 Å². The van der Waals surface area contributed by atoms with Crippen LogP contribution >= 0.6 is 0 Å². The monoisotopic (exact) mass is 454 g/mol. The molecule has 0 aliphatic carbocycles. The van der Waals surface area contributed by atoms with Gasteiger partial charge in [0, 0.05) is 24.7 Å². The van der Waals surface area contributed by atoms with Gasteiger partial charge in [0.25, 0.3) is 0 Å². The summed E-state index contributed by atoms with van der Waals surface area (Å²) in [5.41, 5.74) is 0.901. The third-order valence-electron chi connectivity index (χ3n) is 5.38. The maximum Gasteiger partial charge on any atom is 0.243 e. The minimum Gasteiger partial charge on any atom is -0.492 e. The van der Waals surface area contributed by atoms with Crippen molar-refractivity contribution in [3.05, 3.63) is 72.9 Å². The highest BCUT2D eigenvalue weighted by atomic mass is 32.2. The van der Waals surface area contributed by atoms with Gasteiger partial charge in [-0.3, -0.25) is 0 Å². The van der Waals surface area contributed by atoms with Crippen LogP contribution in [0.3, 0.4) is 0 Å². The molecule has 0 fully saturated rings. The van der Waals surface area contributed by atoms with Crippen LogP contribution in [0.15, 0.2) is 77.8 Å². The van der Waals surface area contributed by atoms with Crippen molar-refractivity contribution in [2.45, 2.75) is 25.0 Å². The Hall–Kier alpha value is -2.91. The molecule has 4 aromatic rings. The number of nitrogens with zero attached hydrogens (tertiary/aromatic N) is 2. The molecule has 168 valence electrons. The minimum atomic E-state index is -3.63. The Balaban J connectivity index is 1.47. The molecule has 0 amide bonds. The summed E-state index contributed by atoms with van der Waals surface area (Å²) >= 11 is 0. The van der Waals surface area contributed by atoms with E-state index in [0.717, 1.165) is 21.7 Å². The molecule has 3 aromatic carbocycles. The zero-order chi connectivity index (χ0) is 22.6. The lowest BCUT2D eigenvalue weighted by Crippen LogP contribution is -2.35. The van der Waals surface area contributed by atoms with Crippen molar-refractivity contribution in [2.24, 2.45) is 0 Å². The molecular weight excluding hydrogens is 428 g/mol. The molecule has 0 spiro atoms. The molecule has 0 aliphatic heterocycles. The molecule has 0 atom stereocenters. The van der Waals surface area contributed by atoms with Crippen LogP contribution < -0.4 is 4.74 Å². The summed E-state index contributed by atoms with van der Waals surface area (Å²) in [6.45, 7) is 2.90.